The predicted octanol–water partition coefficient (Wildman–Crippen LogP) is 5.02. The van der Waals surface area contributed by atoms with Crippen LogP contribution in [0.2, 0.25) is 0 Å². The van der Waals surface area contributed by atoms with Crippen molar-refractivity contribution < 1.29 is 8.62 Å². The molecular weight excluding hydrogens is 417 g/mol. The first-order chi connectivity index (χ1) is 15.3. The molecule has 0 saturated heterocycles. The molecule has 3 aromatic heterocycles. The number of rotatable bonds is 6. The number of H-pyrrole nitrogens is 1. The Morgan fingerprint density at radius 2 is 2.00 bits per heavy atom. The number of hydrogen-bond donors (Lipinski definition) is 2. The Kier molecular flexibility index (Phi) is 4.97. The summed E-state index contributed by atoms with van der Waals surface area (Å²) < 4.78 is 20.4. The van der Waals surface area contributed by atoms with Gasteiger partial charge in [-0.15, -0.1) is 3.89 Å². The molecule has 2 aromatic carbocycles. The number of ether oxygens (including phenoxy) is 1. The molecule has 0 atom stereocenters. The fourth-order valence-corrected chi connectivity index (χ4v) is 3.68. The molecule has 5 rings (SSSR count). The van der Waals surface area contributed by atoms with E-state index in [0.29, 0.717) is 39.9 Å². The van der Waals surface area contributed by atoms with E-state index in [-0.39, 0.29) is 12.3 Å². The lowest BCUT2D eigenvalue weighted by atomic mass is 10.2. The van der Waals surface area contributed by atoms with Crippen LogP contribution in [-0.4, -0.2) is 36.2 Å². The minimum absolute atomic E-state index is 0.0891. The van der Waals surface area contributed by atoms with Crippen molar-refractivity contribution in [2.24, 2.45) is 0 Å². The molecule has 154 valence electrons. The predicted molar refractivity (Wildman–Crippen MR) is 119 cm³/mol. The monoisotopic (exact) mass is 433 g/mol. The largest absolute Gasteiger partial charge is 0.497 e. The highest BCUT2D eigenvalue weighted by molar-refractivity contribution is 7.93. The number of aromatic amines is 1. The second kappa shape index (κ2) is 8.07. The lowest BCUT2D eigenvalue weighted by molar-refractivity contribution is 0.415. The van der Waals surface area contributed by atoms with E-state index in [1.807, 2.05) is 48.5 Å². The van der Waals surface area contributed by atoms with Crippen LogP contribution in [0.1, 0.15) is 0 Å². The molecule has 2 N–H and O–H groups in total. The van der Waals surface area contributed by atoms with Crippen molar-refractivity contribution in [3.63, 3.8) is 0 Å². The maximum atomic E-state index is 13.8. The molecule has 0 saturated carbocycles. The highest BCUT2D eigenvalue weighted by atomic mass is 32.2. The summed E-state index contributed by atoms with van der Waals surface area (Å²) in [7, 11) is 1.61. The number of aromatic nitrogens is 6. The highest BCUT2D eigenvalue weighted by Crippen LogP contribution is 2.33. The summed E-state index contributed by atoms with van der Waals surface area (Å²) in [5.74, 6) is 2.24. The maximum Gasteiger partial charge on any atom is 0.173 e. The molecule has 31 heavy (non-hydrogen) atoms. The van der Waals surface area contributed by atoms with E-state index < -0.39 is 0 Å². The number of hydrogen-bond acceptors (Lipinski definition) is 7. The first-order valence-corrected chi connectivity index (χ1v) is 9.99. The van der Waals surface area contributed by atoms with Crippen molar-refractivity contribution in [3.8, 4) is 28.7 Å². The van der Waals surface area contributed by atoms with Gasteiger partial charge in [-0.3, -0.25) is 5.10 Å². The van der Waals surface area contributed by atoms with E-state index >= 15 is 0 Å². The number of halogens is 1. The Hall–Kier alpha value is -3.92. The summed E-state index contributed by atoms with van der Waals surface area (Å²) in [5, 5.41) is 10.2. The zero-order valence-electron chi connectivity index (χ0n) is 16.3. The molecular formula is C21H16FN7OS. The van der Waals surface area contributed by atoms with Crippen LogP contribution in [-0.2, 0) is 0 Å². The van der Waals surface area contributed by atoms with Gasteiger partial charge in [-0.2, -0.15) is 5.10 Å². The van der Waals surface area contributed by atoms with Gasteiger partial charge in [-0.1, -0.05) is 24.3 Å². The van der Waals surface area contributed by atoms with E-state index in [0.717, 1.165) is 11.3 Å². The smallest absolute Gasteiger partial charge is 0.173 e. The van der Waals surface area contributed by atoms with Crippen LogP contribution >= 0.6 is 12.3 Å². The van der Waals surface area contributed by atoms with Gasteiger partial charge in [-0.25, -0.2) is 18.9 Å². The summed E-state index contributed by atoms with van der Waals surface area (Å²) >= 11 is 0.0891. The molecule has 0 aliphatic heterocycles. The van der Waals surface area contributed by atoms with Crippen LogP contribution in [0.3, 0.4) is 0 Å². The summed E-state index contributed by atoms with van der Waals surface area (Å²) in [6.07, 6.45) is 3.27. The summed E-state index contributed by atoms with van der Waals surface area (Å²) in [6.45, 7) is 0. The van der Waals surface area contributed by atoms with Crippen molar-refractivity contribution >= 4 is 34.9 Å². The normalized spacial score (nSPS) is 11.0. The van der Waals surface area contributed by atoms with E-state index in [1.54, 1.807) is 25.6 Å². The molecule has 0 spiro atoms. The number of imidazole rings is 1. The topological polar surface area (TPSA) is 93.5 Å². The van der Waals surface area contributed by atoms with Crippen molar-refractivity contribution in [1.29, 1.82) is 0 Å². The summed E-state index contributed by atoms with van der Waals surface area (Å²) in [5.41, 5.74) is 3.34. The third-order valence-electron chi connectivity index (χ3n) is 4.70. The van der Waals surface area contributed by atoms with Gasteiger partial charge in [0, 0.05) is 11.8 Å². The molecule has 3 heterocycles. The number of benzene rings is 2. The molecule has 0 unspecified atom stereocenters. The Balaban J connectivity index is 1.50. The van der Waals surface area contributed by atoms with Crippen LogP contribution < -0.4 is 10.1 Å². The standard InChI is InChI=1S/C21H16FN7OS/c1-30-14-6-4-5-13(11-14)20-23-10-9-18(27-20)25-16-12-24-28-19(16)21-26-15-7-2-3-8-17(15)29(21)31-22/h2-12H,1H3,(H,24,28)(H,23,25,27). The van der Waals surface area contributed by atoms with Gasteiger partial charge in [0.25, 0.3) is 0 Å². The number of nitrogens with zero attached hydrogens (tertiary/aromatic N) is 5. The SMILES string of the molecule is COc1cccc(-c2nccc(Nc3cn[nH]c3-c3nc4ccccc4n3SF)n2)c1. The molecule has 0 amide bonds. The average molecular weight is 433 g/mol. The van der Waals surface area contributed by atoms with E-state index in [9.17, 15) is 3.89 Å². The number of fused-ring (bicyclic) bond motifs is 1. The third-order valence-corrected chi connectivity index (χ3v) is 5.21. The van der Waals surface area contributed by atoms with Crippen LogP contribution in [0.4, 0.5) is 15.4 Å². The molecule has 0 aliphatic rings. The molecule has 5 aromatic rings. The molecule has 0 aliphatic carbocycles. The number of anilines is 2. The maximum absolute atomic E-state index is 13.8. The fraction of sp³-hybridized carbons (Fsp3) is 0.0476. The van der Waals surface area contributed by atoms with Gasteiger partial charge in [0.05, 0.1) is 30.0 Å². The van der Waals surface area contributed by atoms with Crippen molar-refractivity contribution in [2.45, 2.75) is 0 Å². The molecule has 0 bridgehead atoms. The first-order valence-electron chi connectivity index (χ1n) is 9.31. The number of methoxy groups -OCH3 is 1. The van der Waals surface area contributed by atoms with Gasteiger partial charge in [0.2, 0.25) is 0 Å². The van der Waals surface area contributed by atoms with E-state index in [1.165, 1.54) is 3.97 Å². The van der Waals surface area contributed by atoms with Crippen molar-refractivity contribution in [2.75, 3.05) is 12.4 Å². The molecule has 0 radical (unpaired) electrons. The lowest BCUT2D eigenvalue weighted by Gasteiger charge is -2.08. The molecule has 0 fully saturated rings. The van der Waals surface area contributed by atoms with Gasteiger partial charge >= 0.3 is 0 Å². The van der Waals surface area contributed by atoms with Crippen LogP contribution in [0.15, 0.2) is 67.0 Å². The second-order valence-corrected chi connectivity index (χ2v) is 7.07. The second-order valence-electron chi connectivity index (χ2n) is 6.57. The van der Waals surface area contributed by atoms with Crippen LogP contribution in [0.5, 0.6) is 5.75 Å². The summed E-state index contributed by atoms with van der Waals surface area (Å²) in [6, 6.07) is 16.6. The van der Waals surface area contributed by atoms with Crippen molar-refractivity contribution in [3.05, 3.63) is 67.0 Å². The Morgan fingerprint density at radius 1 is 1.10 bits per heavy atom. The average Bonchev–Trinajstić information content (AvgIpc) is 3.43. The number of nitrogens with one attached hydrogen (secondary N) is 2. The molecule has 8 nitrogen and oxygen atoms in total. The highest BCUT2D eigenvalue weighted by Gasteiger charge is 2.18. The van der Waals surface area contributed by atoms with E-state index in [2.05, 4.69) is 30.5 Å². The Bertz CT molecular complexity index is 1370. The van der Waals surface area contributed by atoms with E-state index in [4.69, 9.17) is 4.74 Å². The Labute approximate surface area is 181 Å². The quantitative estimate of drug-likeness (QED) is 0.388. The van der Waals surface area contributed by atoms with Crippen LogP contribution in [0, 0.1) is 0 Å². The van der Waals surface area contributed by atoms with Crippen LogP contribution in [0.25, 0.3) is 33.9 Å². The zero-order chi connectivity index (χ0) is 21.2. The first kappa shape index (κ1) is 19.1. The number of para-hydroxylation sites is 2. The van der Waals surface area contributed by atoms with Gasteiger partial charge in [0.1, 0.15) is 17.3 Å². The third kappa shape index (κ3) is 3.57. The zero-order valence-corrected chi connectivity index (χ0v) is 17.1. The minimum atomic E-state index is 0.0891. The van der Waals surface area contributed by atoms with Gasteiger partial charge < -0.3 is 10.1 Å². The van der Waals surface area contributed by atoms with Crippen molar-refractivity contribution in [1.82, 2.24) is 29.1 Å². The Morgan fingerprint density at radius 3 is 2.87 bits per heavy atom. The minimum Gasteiger partial charge on any atom is -0.497 e. The lowest BCUT2D eigenvalue weighted by Crippen LogP contribution is -1.99. The molecule has 10 heteroatoms. The summed E-state index contributed by atoms with van der Waals surface area (Å²) in [4.78, 5) is 13.5. The fourth-order valence-electron chi connectivity index (χ4n) is 3.25. The van der Waals surface area contributed by atoms with Gasteiger partial charge in [0.15, 0.2) is 24.0 Å². The van der Waals surface area contributed by atoms with Gasteiger partial charge in [-0.05, 0) is 30.3 Å².